The predicted molar refractivity (Wildman–Crippen MR) is 92.0 cm³/mol. The third-order valence-corrected chi connectivity index (χ3v) is 4.05. The van der Waals surface area contributed by atoms with Crippen molar-refractivity contribution in [1.29, 1.82) is 0 Å². The highest BCUT2D eigenvalue weighted by molar-refractivity contribution is 5.73. The number of aliphatic hydroxyl groups is 1. The van der Waals surface area contributed by atoms with Gasteiger partial charge in [0.15, 0.2) is 0 Å². The van der Waals surface area contributed by atoms with Gasteiger partial charge in [-0.05, 0) is 36.4 Å². The number of imidazole rings is 1. The fraction of sp³-hybridized carbons (Fsp3) is 0.278. The summed E-state index contributed by atoms with van der Waals surface area (Å²) in [6.45, 7) is 0.547. The van der Waals surface area contributed by atoms with Crippen molar-refractivity contribution in [2.24, 2.45) is 7.05 Å². The minimum absolute atomic E-state index is 0. The van der Waals surface area contributed by atoms with Crippen LogP contribution in [-0.4, -0.2) is 29.5 Å². The number of nitrogens with two attached hydrogens (primary N) is 1. The van der Waals surface area contributed by atoms with E-state index in [1.165, 1.54) is 0 Å². The average molecular weight is 364 g/mol. The lowest BCUT2D eigenvalue weighted by molar-refractivity contribution is -0.630. The zero-order valence-corrected chi connectivity index (χ0v) is 15.0. The van der Waals surface area contributed by atoms with E-state index in [9.17, 15) is 5.11 Å². The summed E-state index contributed by atoms with van der Waals surface area (Å²) in [5.74, 6) is 2.05. The van der Waals surface area contributed by atoms with Crippen LogP contribution in [0, 0.1) is 0 Å². The number of aromatic nitrogens is 2. The van der Waals surface area contributed by atoms with Crippen molar-refractivity contribution >= 4 is 17.0 Å². The van der Waals surface area contributed by atoms with Gasteiger partial charge in [-0.25, -0.2) is 9.13 Å². The summed E-state index contributed by atoms with van der Waals surface area (Å²) in [7, 11) is 3.53. The normalized spacial score (nSPS) is 11.8. The molecule has 3 N–H and O–H groups in total. The maximum atomic E-state index is 10.3. The van der Waals surface area contributed by atoms with Crippen LogP contribution >= 0.6 is 0 Å². The quantitative estimate of drug-likeness (QED) is 0.523. The number of ether oxygens (including phenoxy) is 2. The summed E-state index contributed by atoms with van der Waals surface area (Å²) in [5, 5.41) is 10.3. The van der Waals surface area contributed by atoms with Gasteiger partial charge < -0.3 is 27.0 Å². The first kappa shape index (κ1) is 18.9. The summed E-state index contributed by atoms with van der Waals surface area (Å²) >= 11 is 0. The van der Waals surface area contributed by atoms with Crippen LogP contribution in [0.25, 0.3) is 11.0 Å². The number of nitrogens with zero attached hydrogens (tertiary/aromatic N) is 2. The zero-order chi connectivity index (χ0) is 17.1. The Morgan fingerprint density at radius 2 is 1.76 bits per heavy atom. The van der Waals surface area contributed by atoms with E-state index in [0.717, 1.165) is 16.8 Å². The second-order valence-electron chi connectivity index (χ2n) is 5.66. The van der Waals surface area contributed by atoms with E-state index in [-0.39, 0.29) is 19.0 Å². The Kier molecular flexibility index (Phi) is 6.12. The van der Waals surface area contributed by atoms with E-state index < -0.39 is 6.10 Å². The topological polar surface area (TPSA) is 73.5 Å². The fourth-order valence-corrected chi connectivity index (χ4v) is 2.72. The molecular weight excluding hydrogens is 342 g/mol. The molecule has 1 unspecified atom stereocenters. The third-order valence-electron chi connectivity index (χ3n) is 4.05. The van der Waals surface area contributed by atoms with Crippen LogP contribution in [0.3, 0.4) is 0 Å². The van der Waals surface area contributed by atoms with Crippen LogP contribution in [0.1, 0.15) is 0 Å². The van der Waals surface area contributed by atoms with Gasteiger partial charge in [0.2, 0.25) is 0 Å². The van der Waals surface area contributed by atoms with E-state index in [0.29, 0.717) is 18.2 Å². The molecule has 0 bridgehead atoms. The number of hydrogen-bond donors (Lipinski definition) is 2. The minimum Gasteiger partial charge on any atom is -1.00 e. The van der Waals surface area contributed by atoms with Crippen molar-refractivity contribution in [1.82, 2.24) is 4.57 Å². The first-order chi connectivity index (χ1) is 11.6. The highest BCUT2D eigenvalue weighted by atomic mass is 35.5. The number of halogens is 1. The number of benzene rings is 2. The predicted octanol–water partition coefficient (Wildman–Crippen LogP) is -1.50. The van der Waals surface area contributed by atoms with Gasteiger partial charge in [0.25, 0.3) is 0 Å². The largest absolute Gasteiger partial charge is 1.00 e. The molecule has 0 amide bonds. The number of aryl methyl sites for hydroxylation is 1. The molecule has 0 saturated carbocycles. The molecule has 0 spiro atoms. The average Bonchev–Trinajstić information content (AvgIpc) is 2.86. The van der Waals surface area contributed by atoms with E-state index in [2.05, 4.69) is 0 Å². The maximum Gasteiger partial charge on any atom is 0.355 e. The van der Waals surface area contributed by atoms with Crippen LogP contribution in [0.2, 0.25) is 0 Å². The standard InChI is InChI=1S/C18H21N3O3.ClH/c1-20-16-5-3-4-6-17(16)21(18(20)19)11-13(22)12-24-15-9-7-14(23-2)8-10-15;/h3-10,13,19,22H,11-12H2,1-2H3;1H. The summed E-state index contributed by atoms with van der Waals surface area (Å²) < 4.78 is 14.5. The van der Waals surface area contributed by atoms with Crippen LogP contribution in [0.15, 0.2) is 48.5 Å². The van der Waals surface area contributed by atoms with E-state index in [1.807, 2.05) is 64.7 Å². The van der Waals surface area contributed by atoms with Gasteiger partial charge in [-0.15, -0.1) is 0 Å². The fourth-order valence-electron chi connectivity index (χ4n) is 2.72. The van der Waals surface area contributed by atoms with Crippen molar-refractivity contribution in [2.45, 2.75) is 12.6 Å². The first-order valence-electron chi connectivity index (χ1n) is 7.78. The van der Waals surface area contributed by atoms with Crippen molar-refractivity contribution in [3.8, 4) is 11.5 Å². The highest BCUT2D eigenvalue weighted by Gasteiger charge is 2.20. The SMILES string of the molecule is COc1ccc(OCC(O)Cn2c(N)[n+](C)c3ccccc32)cc1.[Cl-]. The van der Waals surface area contributed by atoms with Gasteiger partial charge in [-0.3, -0.25) is 5.73 Å². The summed E-state index contributed by atoms with van der Waals surface area (Å²) in [6.07, 6.45) is -0.676. The number of fused-ring (bicyclic) bond motifs is 1. The Labute approximate surface area is 152 Å². The molecule has 0 aliphatic rings. The molecule has 0 aliphatic carbocycles. The van der Waals surface area contributed by atoms with E-state index >= 15 is 0 Å². The van der Waals surface area contributed by atoms with Gasteiger partial charge >= 0.3 is 5.95 Å². The number of methoxy groups -OCH3 is 1. The molecule has 1 aromatic heterocycles. The molecular formula is C18H22ClN3O3. The molecule has 0 saturated heterocycles. The second-order valence-corrected chi connectivity index (χ2v) is 5.66. The zero-order valence-electron chi connectivity index (χ0n) is 14.2. The monoisotopic (exact) mass is 363 g/mol. The molecule has 0 radical (unpaired) electrons. The van der Waals surface area contributed by atoms with Crippen LogP contribution in [0.5, 0.6) is 11.5 Å². The van der Waals surface area contributed by atoms with Crippen molar-refractivity contribution < 1.29 is 31.6 Å². The maximum absolute atomic E-state index is 10.3. The Bertz CT molecular complexity index is 833. The number of anilines is 1. The summed E-state index contributed by atoms with van der Waals surface area (Å²) in [4.78, 5) is 0. The Hall–Kier alpha value is -2.44. The number of rotatable bonds is 6. The lowest BCUT2D eigenvalue weighted by Crippen LogP contribution is -3.00. The van der Waals surface area contributed by atoms with Gasteiger partial charge in [0, 0.05) is 0 Å². The molecule has 25 heavy (non-hydrogen) atoms. The Balaban J connectivity index is 0.00000225. The second kappa shape index (κ2) is 8.09. The van der Waals surface area contributed by atoms with Gasteiger partial charge in [0.1, 0.15) is 41.8 Å². The van der Waals surface area contributed by atoms with Crippen molar-refractivity contribution in [3.63, 3.8) is 0 Å². The number of nitrogen functional groups attached to an aromatic ring is 1. The van der Waals surface area contributed by atoms with Gasteiger partial charge in [-0.1, -0.05) is 12.1 Å². The van der Waals surface area contributed by atoms with Crippen LogP contribution < -0.4 is 32.2 Å². The summed E-state index contributed by atoms with van der Waals surface area (Å²) in [6, 6.07) is 15.2. The highest BCUT2D eigenvalue weighted by Crippen LogP contribution is 2.18. The molecule has 0 fully saturated rings. The Morgan fingerprint density at radius 1 is 1.12 bits per heavy atom. The molecule has 1 atom stereocenters. The number of hydrogen-bond acceptors (Lipinski definition) is 4. The Morgan fingerprint density at radius 3 is 2.44 bits per heavy atom. The smallest absolute Gasteiger partial charge is 0.355 e. The molecule has 7 heteroatoms. The van der Waals surface area contributed by atoms with Gasteiger partial charge in [0.05, 0.1) is 14.2 Å². The van der Waals surface area contributed by atoms with Crippen molar-refractivity contribution in [3.05, 3.63) is 48.5 Å². The molecule has 3 aromatic rings. The van der Waals surface area contributed by atoms with E-state index in [1.54, 1.807) is 7.11 Å². The first-order valence-corrected chi connectivity index (χ1v) is 7.78. The third kappa shape index (κ3) is 3.97. The van der Waals surface area contributed by atoms with Crippen LogP contribution in [0.4, 0.5) is 5.95 Å². The molecule has 0 aliphatic heterocycles. The molecule has 6 nitrogen and oxygen atoms in total. The molecule has 3 rings (SSSR count). The van der Waals surface area contributed by atoms with Crippen LogP contribution in [-0.2, 0) is 13.6 Å². The lowest BCUT2D eigenvalue weighted by Gasteiger charge is -2.12. The number of aliphatic hydroxyl groups excluding tert-OH is 1. The minimum atomic E-state index is -0.676. The van der Waals surface area contributed by atoms with Gasteiger partial charge in [-0.2, -0.15) is 0 Å². The molecule has 134 valence electrons. The van der Waals surface area contributed by atoms with E-state index in [4.69, 9.17) is 15.2 Å². The summed E-state index contributed by atoms with van der Waals surface area (Å²) in [5.41, 5.74) is 8.18. The lowest BCUT2D eigenvalue weighted by atomic mass is 10.3. The molecule has 2 aromatic carbocycles. The number of para-hydroxylation sites is 2. The molecule has 1 heterocycles. The van der Waals surface area contributed by atoms with Crippen molar-refractivity contribution in [2.75, 3.05) is 19.5 Å².